The van der Waals surface area contributed by atoms with Gasteiger partial charge >= 0.3 is 0 Å². The summed E-state index contributed by atoms with van der Waals surface area (Å²) in [6.45, 7) is 0. The molecule has 2 rings (SSSR count). The van der Waals surface area contributed by atoms with Crippen LogP contribution in [-0.2, 0) is 0 Å². The lowest BCUT2D eigenvalue weighted by molar-refractivity contribution is 0.0955. The van der Waals surface area contributed by atoms with Crippen LogP contribution in [0.3, 0.4) is 0 Å². The Morgan fingerprint density at radius 1 is 1.21 bits per heavy atom. The predicted octanol–water partition coefficient (Wildman–Crippen LogP) is 3.87. The number of rotatable bonds is 3. The first-order valence-corrected chi connectivity index (χ1v) is 6.67. The van der Waals surface area contributed by atoms with Crippen LogP contribution in [-0.4, -0.2) is 12.1 Å². The van der Waals surface area contributed by atoms with Gasteiger partial charge in [0.15, 0.2) is 0 Å². The first kappa shape index (κ1) is 13.8. The molecule has 0 aliphatic rings. The molecular weight excluding hydrogens is 328 g/mol. The average Bonchev–Trinajstić information content (AvgIpc) is 2.41. The van der Waals surface area contributed by atoms with Crippen LogP contribution < -0.4 is 5.43 Å². The summed E-state index contributed by atoms with van der Waals surface area (Å²) in [4.78, 5) is 11.8. The smallest absolute Gasteiger partial charge is 0.267 e. The number of halogens is 2. The predicted molar refractivity (Wildman–Crippen MR) is 80.7 cm³/mol. The number of nitrogens with one attached hydrogen (secondary N) is 1. The van der Waals surface area contributed by atoms with E-state index in [1.165, 1.54) is 0 Å². The molecule has 0 aliphatic heterocycles. The Kier molecular flexibility index (Phi) is 4.71. The highest BCUT2D eigenvalue weighted by atomic mass is 79.9. The Labute approximate surface area is 124 Å². The van der Waals surface area contributed by atoms with Crippen LogP contribution in [0.2, 0.25) is 5.02 Å². The van der Waals surface area contributed by atoms with E-state index in [-0.39, 0.29) is 5.91 Å². The van der Waals surface area contributed by atoms with Crippen molar-refractivity contribution in [3.8, 4) is 0 Å². The normalized spacial score (nSPS) is 10.6. The summed E-state index contributed by atoms with van der Waals surface area (Å²) in [6.07, 6.45) is 1.58. The maximum Gasteiger partial charge on any atom is 0.271 e. The Balaban J connectivity index is 1.98. The monoisotopic (exact) mass is 336 g/mol. The van der Waals surface area contributed by atoms with Crippen molar-refractivity contribution in [2.75, 3.05) is 0 Å². The fraction of sp³-hybridized carbons (Fsp3) is 0. The number of benzene rings is 2. The van der Waals surface area contributed by atoms with Crippen molar-refractivity contribution in [2.45, 2.75) is 0 Å². The quantitative estimate of drug-likeness (QED) is 0.670. The zero-order chi connectivity index (χ0) is 13.7. The summed E-state index contributed by atoms with van der Waals surface area (Å²) >= 11 is 9.16. The van der Waals surface area contributed by atoms with Gasteiger partial charge in [-0.1, -0.05) is 45.7 Å². The lowest BCUT2D eigenvalue weighted by Crippen LogP contribution is -2.17. The maximum absolute atomic E-state index is 11.8. The highest BCUT2D eigenvalue weighted by Gasteiger charge is 2.03. The van der Waals surface area contributed by atoms with Crippen LogP contribution in [0.4, 0.5) is 0 Å². The van der Waals surface area contributed by atoms with Gasteiger partial charge in [-0.3, -0.25) is 4.79 Å². The molecule has 0 unspecified atom stereocenters. The third-order valence-corrected chi connectivity index (χ3v) is 3.10. The number of amides is 1. The Hall–Kier alpha value is -1.65. The third-order valence-electron chi connectivity index (χ3n) is 2.34. The summed E-state index contributed by atoms with van der Waals surface area (Å²) in [7, 11) is 0. The van der Waals surface area contributed by atoms with E-state index in [1.54, 1.807) is 30.5 Å². The van der Waals surface area contributed by atoms with Gasteiger partial charge in [-0.2, -0.15) is 5.10 Å². The van der Waals surface area contributed by atoms with E-state index in [2.05, 4.69) is 26.5 Å². The molecule has 1 N–H and O–H groups in total. The second-order valence-electron chi connectivity index (χ2n) is 3.76. The van der Waals surface area contributed by atoms with E-state index in [4.69, 9.17) is 11.6 Å². The lowest BCUT2D eigenvalue weighted by Gasteiger charge is -2.00. The van der Waals surface area contributed by atoms with Crippen molar-refractivity contribution in [1.29, 1.82) is 0 Å². The molecule has 1 amide bonds. The number of hydrazone groups is 1. The van der Waals surface area contributed by atoms with Crippen LogP contribution in [0.1, 0.15) is 15.9 Å². The topological polar surface area (TPSA) is 41.5 Å². The minimum absolute atomic E-state index is 0.295. The molecular formula is C14H10BrClN2O. The standard InChI is InChI=1S/C14H10BrClN2O/c15-12-6-4-10(5-7-12)9-17-18-14(19)11-2-1-3-13(16)8-11/h1-9H,(H,18,19). The highest BCUT2D eigenvalue weighted by Crippen LogP contribution is 2.10. The Bertz CT molecular complexity index is 611. The SMILES string of the molecule is O=C(NN=Cc1ccc(Br)cc1)c1cccc(Cl)c1. The molecule has 2 aromatic carbocycles. The number of carbonyl (C=O) groups is 1. The van der Waals surface area contributed by atoms with Gasteiger partial charge < -0.3 is 0 Å². The molecule has 0 spiro atoms. The van der Waals surface area contributed by atoms with Gasteiger partial charge in [-0.05, 0) is 35.9 Å². The van der Waals surface area contributed by atoms with Gasteiger partial charge in [0.1, 0.15) is 0 Å². The van der Waals surface area contributed by atoms with Crippen molar-refractivity contribution < 1.29 is 4.79 Å². The highest BCUT2D eigenvalue weighted by molar-refractivity contribution is 9.10. The Morgan fingerprint density at radius 2 is 1.95 bits per heavy atom. The molecule has 2 aromatic rings. The molecule has 0 aromatic heterocycles. The molecule has 0 radical (unpaired) electrons. The summed E-state index contributed by atoms with van der Waals surface area (Å²) in [5.41, 5.74) is 3.82. The average molecular weight is 338 g/mol. The summed E-state index contributed by atoms with van der Waals surface area (Å²) in [6, 6.07) is 14.3. The van der Waals surface area contributed by atoms with Crippen LogP contribution in [0.25, 0.3) is 0 Å². The second-order valence-corrected chi connectivity index (χ2v) is 5.11. The lowest BCUT2D eigenvalue weighted by atomic mass is 10.2. The first-order valence-electron chi connectivity index (χ1n) is 5.50. The number of hydrogen-bond donors (Lipinski definition) is 1. The van der Waals surface area contributed by atoms with Crippen molar-refractivity contribution in [1.82, 2.24) is 5.43 Å². The molecule has 0 bridgehead atoms. The van der Waals surface area contributed by atoms with Crippen molar-refractivity contribution >= 4 is 39.7 Å². The number of nitrogens with zero attached hydrogens (tertiary/aromatic N) is 1. The van der Waals surface area contributed by atoms with Gasteiger partial charge in [0, 0.05) is 15.1 Å². The fourth-order valence-corrected chi connectivity index (χ4v) is 1.86. The van der Waals surface area contributed by atoms with Gasteiger partial charge in [0.2, 0.25) is 0 Å². The molecule has 19 heavy (non-hydrogen) atoms. The molecule has 0 heterocycles. The number of carbonyl (C=O) groups excluding carboxylic acids is 1. The van der Waals surface area contributed by atoms with Gasteiger partial charge in [-0.15, -0.1) is 0 Å². The van der Waals surface area contributed by atoms with Gasteiger partial charge in [0.25, 0.3) is 5.91 Å². The minimum atomic E-state index is -0.295. The largest absolute Gasteiger partial charge is 0.271 e. The van der Waals surface area contributed by atoms with Crippen LogP contribution in [0, 0.1) is 0 Å². The maximum atomic E-state index is 11.8. The minimum Gasteiger partial charge on any atom is -0.267 e. The first-order chi connectivity index (χ1) is 9.15. The third kappa shape index (κ3) is 4.19. The molecule has 0 atom stereocenters. The van der Waals surface area contributed by atoms with E-state index in [9.17, 15) is 4.79 Å². The van der Waals surface area contributed by atoms with Crippen LogP contribution >= 0.6 is 27.5 Å². The zero-order valence-corrected chi connectivity index (χ0v) is 12.1. The molecule has 0 aliphatic carbocycles. The second kappa shape index (κ2) is 6.50. The van der Waals surface area contributed by atoms with E-state index in [0.29, 0.717) is 10.6 Å². The van der Waals surface area contributed by atoms with Crippen LogP contribution in [0.5, 0.6) is 0 Å². The summed E-state index contributed by atoms with van der Waals surface area (Å²) in [5, 5.41) is 4.41. The summed E-state index contributed by atoms with van der Waals surface area (Å²) in [5.74, 6) is -0.295. The van der Waals surface area contributed by atoms with Crippen molar-refractivity contribution in [3.63, 3.8) is 0 Å². The fourth-order valence-electron chi connectivity index (χ4n) is 1.41. The molecule has 3 nitrogen and oxygen atoms in total. The molecule has 5 heteroatoms. The van der Waals surface area contributed by atoms with Crippen LogP contribution in [0.15, 0.2) is 58.1 Å². The molecule has 0 saturated heterocycles. The van der Waals surface area contributed by atoms with E-state index < -0.39 is 0 Å². The zero-order valence-electron chi connectivity index (χ0n) is 9.81. The molecule has 0 fully saturated rings. The summed E-state index contributed by atoms with van der Waals surface area (Å²) < 4.78 is 0.993. The van der Waals surface area contributed by atoms with E-state index in [1.807, 2.05) is 24.3 Å². The van der Waals surface area contributed by atoms with Gasteiger partial charge in [-0.25, -0.2) is 5.43 Å². The van der Waals surface area contributed by atoms with Crippen molar-refractivity contribution in [2.24, 2.45) is 5.10 Å². The number of hydrogen-bond acceptors (Lipinski definition) is 2. The molecule has 96 valence electrons. The van der Waals surface area contributed by atoms with Crippen molar-refractivity contribution in [3.05, 3.63) is 69.2 Å². The van der Waals surface area contributed by atoms with E-state index in [0.717, 1.165) is 10.0 Å². The molecule has 0 saturated carbocycles. The van der Waals surface area contributed by atoms with Gasteiger partial charge in [0.05, 0.1) is 6.21 Å². The Morgan fingerprint density at radius 3 is 2.63 bits per heavy atom. The van der Waals surface area contributed by atoms with E-state index >= 15 is 0 Å².